The van der Waals surface area contributed by atoms with E-state index in [-0.39, 0.29) is 28.6 Å². The van der Waals surface area contributed by atoms with Crippen LogP contribution < -0.4 is 0 Å². The third kappa shape index (κ3) is 25.2. The quantitative estimate of drug-likeness (QED) is 0.133. The Balaban J connectivity index is 0.000000177. The van der Waals surface area contributed by atoms with Gasteiger partial charge in [-0.25, -0.2) is 30.7 Å². The van der Waals surface area contributed by atoms with Crippen molar-refractivity contribution >= 4 is 43.1 Å². The van der Waals surface area contributed by atoms with Crippen LogP contribution in [0, 0.1) is 162 Å². The van der Waals surface area contributed by atoms with Crippen LogP contribution >= 0.6 is 0 Å². The highest BCUT2D eigenvalue weighted by Crippen LogP contribution is 2.29. The maximum Gasteiger partial charge on any atom is 0.136 e. The van der Waals surface area contributed by atoms with E-state index in [0.717, 1.165) is 56.2 Å². The first-order valence-electron chi connectivity index (χ1n) is 34.7. The lowest BCUT2D eigenvalue weighted by molar-refractivity contribution is 0.308. The van der Waals surface area contributed by atoms with Crippen LogP contribution in [-0.4, -0.2) is 0 Å². The Hall–Kier alpha value is -8.81. The fraction of sp³-hybridized carbons (Fsp3) is 0.304. The van der Waals surface area contributed by atoms with Crippen molar-refractivity contribution in [2.45, 2.75) is 170 Å². The average Bonchev–Trinajstić information content (AvgIpc) is 0.845. The number of rotatable bonds is 0. The maximum atomic E-state index is 13.6. The van der Waals surface area contributed by atoms with Crippen molar-refractivity contribution in [1.29, 1.82) is 0 Å². The zero-order chi connectivity index (χ0) is 72.8. The lowest BCUT2D eigenvalue weighted by Crippen LogP contribution is -2.10. The van der Waals surface area contributed by atoms with Crippen LogP contribution in [0.25, 0.3) is 43.1 Å². The summed E-state index contributed by atoms with van der Waals surface area (Å²) in [6.07, 6.45) is 9.84. The number of hydrogen-bond acceptors (Lipinski definition) is 0. The minimum atomic E-state index is -0.486. The van der Waals surface area contributed by atoms with Gasteiger partial charge in [-0.2, -0.15) is 0 Å². The van der Waals surface area contributed by atoms with E-state index < -0.39 is 23.3 Å². The first-order valence-corrected chi connectivity index (χ1v) is 34.7. The number of benzene rings is 12. The van der Waals surface area contributed by atoms with E-state index in [0.29, 0.717) is 38.4 Å². The number of fused-ring (bicyclic) bond motifs is 5. The monoisotopic (exact) mass is 1340 g/mol. The smallest absolute Gasteiger partial charge is 0.136 e. The van der Waals surface area contributed by atoms with Gasteiger partial charge in [-0.3, -0.25) is 0 Å². The third-order valence-electron chi connectivity index (χ3n) is 18.3. The number of hydrogen-bond donors (Lipinski definition) is 0. The first-order chi connectivity index (χ1) is 46.8. The Morgan fingerprint density at radius 1 is 0.232 bits per heavy atom. The van der Waals surface area contributed by atoms with Crippen LogP contribution in [0.15, 0.2) is 194 Å². The molecule has 1 unspecified atom stereocenters. The summed E-state index contributed by atoms with van der Waals surface area (Å²) in [5.41, 5.74) is 17.1. The fourth-order valence-corrected chi connectivity index (χ4v) is 11.7. The molecule has 1 fully saturated rings. The van der Waals surface area contributed by atoms with Crippen molar-refractivity contribution in [2.24, 2.45) is 17.8 Å². The van der Waals surface area contributed by atoms with Gasteiger partial charge in [-0.1, -0.05) is 249 Å². The molecule has 14 rings (SSSR count). The Bertz CT molecular complexity index is 4500. The highest BCUT2D eigenvalue weighted by atomic mass is 19.2. The van der Waals surface area contributed by atoms with Crippen LogP contribution in [-0.2, 0) is 12.8 Å². The van der Waals surface area contributed by atoms with Crippen LogP contribution in [0.5, 0.6) is 0 Å². The second-order valence-electron chi connectivity index (χ2n) is 28.0. The van der Waals surface area contributed by atoms with Gasteiger partial charge in [-0.05, 0) is 249 Å². The van der Waals surface area contributed by atoms with Crippen molar-refractivity contribution < 1.29 is 30.7 Å². The SMILES string of the molecule is CC1CCC(C)CC1.Cc1cc(F)c(C)c(F)c1.Cc1ccc(C)c(F)c1.Cc1ccc(C)cc1.Cc1ccc2c(F)c(C)c(F)cc2c1.Cc1ccc2c(F)c(C)ccc2c1.Cc1ccc2c(c1)CCC(C)C2.Cc1ccc2cc(C)c(F)cc2c1.Cc1ccc2cc(C)ccc2c1. The normalized spacial score (nSPS) is 14.1. The minimum absolute atomic E-state index is 0.0846. The molecule has 7 heteroatoms. The van der Waals surface area contributed by atoms with Crippen molar-refractivity contribution in [1.82, 2.24) is 0 Å². The minimum Gasteiger partial charge on any atom is -0.207 e. The summed E-state index contributed by atoms with van der Waals surface area (Å²) in [7, 11) is 0. The number of halogens is 7. The molecule has 2 aliphatic rings. The molecule has 2 aliphatic carbocycles. The predicted octanol–water partition coefficient (Wildman–Crippen LogP) is 27.7. The van der Waals surface area contributed by atoms with Crippen LogP contribution in [0.1, 0.15) is 147 Å². The van der Waals surface area contributed by atoms with Gasteiger partial charge < -0.3 is 0 Å². The molecule has 0 heterocycles. The molecule has 0 nitrogen and oxygen atoms in total. The Kier molecular flexibility index (Phi) is 30.4. The van der Waals surface area contributed by atoms with Gasteiger partial charge in [0, 0.05) is 21.9 Å². The maximum absolute atomic E-state index is 13.6. The molecule has 12 aromatic rings. The average molecular weight is 1340 g/mol. The van der Waals surface area contributed by atoms with Crippen molar-refractivity contribution in [3.05, 3.63) is 329 Å². The van der Waals surface area contributed by atoms with E-state index in [2.05, 4.69) is 134 Å². The molecule has 520 valence electrons. The second-order valence-corrected chi connectivity index (χ2v) is 28.0. The summed E-state index contributed by atoms with van der Waals surface area (Å²) in [6.45, 7) is 35.4. The summed E-state index contributed by atoms with van der Waals surface area (Å²) in [4.78, 5) is 0. The molecule has 0 radical (unpaired) electrons. The zero-order valence-corrected chi connectivity index (χ0v) is 61.8. The van der Waals surface area contributed by atoms with Gasteiger partial charge in [0.25, 0.3) is 0 Å². The number of aryl methyl sites for hydroxylation is 14. The van der Waals surface area contributed by atoms with Gasteiger partial charge in [0.1, 0.15) is 40.7 Å². The highest BCUT2D eigenvalue weighted by Gasteiger charge is 2.16. The van der Waals surface area contributed by atoms with E-state index in [4.69, 9.17) is 0 Å². The van der Waals surface area contributed by atoms with E-state index in [1.54, 1.807) is 63.1 Å². The highest BCUT2D eigenvalue weighted by molar-refractivity contribution is 5.86. The molecule has 0 saturated heterocycles. The molecule has 1 saturated carbocycles. The first kappa shape index (κ1) is 79.2. The lowest BCUT2D eigenvalue weighted by Gasteiger charge is -2.22. The summed E-state index contributed by atoms with van der Waals surface area (Å²) in [5.74, 6) is 0.693. The molecule has 0 N–H and O–H groups in total. The van der Waals surface area contributed by atoms with Gasteiger partial charge in [0.05, 0.1) is 0 Å². The van der Waals surface area contributed by atoms with Crippen LogP contribution in [0.3, 0.4) is 0 Å². The van der Waals surface area contributed by atoms with Gasteiger partial charge in [0.2, 0.25) is 0 Å². The van der Waals surface area contributed by atoms with Gasteiger partial charge in [0.15, 0.2) is 0 Å². The Morgan fingerprint density at radius 2 is 0.586 bits per heavy atom. The lowest BCUT2D eigenvalue weighted by atomic mass is 9.84. The second kappa shape index (κ2) is 38.0. The predicted molar refractivity (Wildman–Crippen MR) is 410 cm³/mol. The molecule has 0 aromatic heterocycles. The van der Waals surface area contributed by atoms with Gasteiger partial charge >= 0.3 is 0 Å². The van der Waals surface area contributed by atoms with E-state index in [1.165, 1.54) is 122 Å². The standard InChI is InChI=1S/C12H10F2.2C12H11F.C12H16.C12H12.C8H8F2.C8H9F.C8H16.C8H10/c1-7-3-4-10-9(5-7)6-11(13)8(2)12(10)14;1-8-3-6-11-10(7-8)5-4-9(2)12(11)13;1-8-3-4-10-6-9(2)12(13)7-11(10)5-8;2*1-9-3-5-12-8-10(2)4-6-11(12)7-9;1-5-3-7(9)6(2)8(10)4-5;1-6-3-4-7(2)8(9)5-6;2*1-7-3-5-8(2)6-4-7/h3-6H,1-2H3;2*3-7H,1-2H3;3,5,7,10H,4,6,8H2,1-2H3;3-8H,1-2H3;3-4H,1-2H3;3-5H,1-2H3;7-8H,3-6H2,1-2H3;3-6H,1-2H3. The molecule has 0 aliphatic heterocycles. The molecule has 12 aromatic carbocycles. The van der Waals surface area contributed by atoms with Crippen LogP contribution in [0.4, 0.5) is 30.7 Å². The fourth-order valence-electron chi connectivity index (χ4n) is 11.7. The van der Waals surface area contributed by atoms with Crippen molar-refractivity contribution in [2.75, 3.05) is 0 Å². The molecule has 0 bridgehead atoms. The molecule has 0 spiro atoms. The topological polar surface area (TPSA) is 0 Å². The summed E-state index contributed by atoms with van der Waals surface area (Å²) < 4.78 is 91.2. The van der Waals surface area contributed by atoms with E-state index in [1.807, 2.05) is 94.4 Å². The molecule has 1 atom stereocenters. The third-order valence-corrected chi connectivity index (χ3v) is 18.3. The molecular weight excluding hydrogens is 1240 g/mol. The Morgan fingerprint density at radius 3 is 1.09 bits per heavy atom. The van der Waals surface area contributed by atoms with Crippen LogP contribution in [0.2, 0.25) is 0 Å². The summed E-state index contributed by atoms with van der Waals surface area (Å²) in [6, 6.07) is 62.1. The largest absolute Gasteiger partial charge is 0.207 e. The summed E-state index contributed by atoms with van der Waals surface area (Å²) in [5, 5.41) is 7.53. The van der Waals surface area contributed by atoms with E-state index in [9.17, 15) is 30.7 Å². The van der Waals surface area contributed by atoms with Crippen molar-refractivity contribution in [3.63, 3.8) is 0 Å². The molecule has 0 amide bonds. The van der Waals surface area contributed by atoms with Gasteiger partial charge in [-0.15, -0.1) is 0 Å². The van der Waals surface area contributed by atoms with E-state index >= 15 is 0 Å². The summed E-state index contributed by atoms with van der Waals surface area (Å²) >= 11 is 0. The van der Waals surface area contributed by atoms with Crippen molar-refractivity contribution in [3.8, 4) is 0 Å². The Labute approximate surface area is 587 Å². The molecule has 99 heavy (non-hydrogen) atoms. The molecular formula is C92H103F7. The zero-order valence-electron chi connectivity index (χ0n) is 61.8.